The predicted molar refractivity (Wildman–Crippen MR) is 87.8 cm³/mol. The van der Waals surface area contributed by atoms with E-state index in [9.17, 15) is 18.4 Å². The molecule has 0 N–H and O–H groups in total. The number of benzene rings is 1. The Hall–Kier alpha value is -2.00. The van der Waals surface area contributed by atoms with Gasteiger partial charge in [0.05, 0.1) is 16.8 Å². The molecule has 0 aliphatic heterocycles. The van der Waals surface area contributed by atoms with Gasteiger partial charge < -0.3 is 0 Å². The van der Waals surface area contributed by atoms with Crippen LogP contribution in [-0.4, -0.2) is 11.2 Å². The standard InChI is InChI=1S/C18H15F3N2S/c1-24-17-15(10-22)13-7-2-3-8-14(13)16(23-17)11-5-4-6-12(9-11)18(19,20)21/h4-6,9H,2-3,7-8H2,1H3. The van der Waals surface area contributed by atoms with Gasteiger partial charge in [0, 0.05) is 5.56 Å². The number of rotatable bonds is 2. The number of fused-ring (bicyclic) bond motifs is 1. The second kappa shape index (κ2) is 6.48. The lowest BCUT2D eigenvalue weighted by atomic mass is 9.86. The van der Waals surface area contributed by atoms with Crippen LogP contribution in [0.3, 0.4) is 0 Å². The molecule has 0 atom stereocenters. The van der Waals surface area contributed by atoms with Crippen molar-refractivity contribution in [3.05, 3.63) is 46.5 Å². The Balaban J connectivity index is 2.24. The number of aromatic nitrogens is 1. The first-order chi connectivity index (χ1) is 11.5. The fourth-order valence-corrected chi connectivity index (χ4v) is 3.70. The first kappa shape index (κ1) is 16.8. The number of nitrogens with zero attached hydrogens (tertiary/aromatic N) is 2. The molecule has 0 bridgehead atoms. The number of hydrogen-bond donors (Lipinski definition) is 0. The van der Waals surface area contributed by atoms with Gasteiger partial charge >= 0.3 is 6.18 Å². The van der Waals surface area contributed by atoms with Crippen LogP contribution < -0.4 is 0 Å². The highest BCUT2D eigenvalue weighted by Gasteiger charge is 2.31. The summed E-state index contributed by atoms with van der Waals surface area (Å²) in [6, 6.07) is 7.50. The Labute approximate surface area is 142 Å². The molecule has 3 rings (SSSR count). The highest BCUT2D eigenvalue weighted by atomic mass is 32.2. The largest absolute Gasteiger partial charge is 0.416 e. The number of thioether (sulfide) groups is 1. The SMILES string of the molecule is CSc1nc(-c2cccc(C(F)(F)F)c2)c2c(c1C#N)CCCC2. The molecule has 2 nitrogen and oxygen atoms in total. The molecule has 1 heterocycles. The molecular formula is C18H15F3N2S. The maximum Gasteiger partial charge on any atom is 0.416 e. The fourth-order valence-electron chi connectivity index (χ4n) is 3.14. The number of hydrogen-bond acceptors (Lipinski definition) is 3. The molecule has 1 aromatic heterocycles. The lowest BCUT2D eigenvalue weighted by Gasteiger charge is -2.22. The molecule has 2 aromatic rings. The minimum absolute atomic E-state index is 0.461. The fraction of sp³-hybridized carbons (Fsp3) is 0.333. The average molecular weight is 348 g/mol. The minimum atomic E-state index is -4.38. The molecule has 0 saturated carbocycles. The van der Waals surface area contributed by atoms with E-state index in [2.05, 4.69) is 11.1 Å². The van der Waals surface area contributed by atoms with E-state index in [1.165, 1.54) is 17.8 Å². The molecule has 24 heavy (non-hydrogen) atoms. The van der Waals surface area contributed by atoms with Gasteiger partial charge in [-0.05, 0) is 55.2 Å². The van der Waals surface area contributed by atoms with E-state index in [-0.39, 0.29) is 0 Å². The number of pyridine rings is 1. The van der Waals surface area contributed by atoms with Crippen LogP contribution in [0.25, 0.3) is 11.3 Å². The molecular weight excluding hydrogens is 333 g/mol. The Morgan fingerprint density at radius 2 is 1.88 bits per heavy atom. The highest BCUT2D eigenvalue weighted by Crippen LogP contribution is 2.38. The number of halogens is 3. The van der Waals surface area contributed by atoms with E-state index in [1.807, 2.05) is 6.26 Å². The topological polar surface area (TPSA) is 36.7 Å². The van der Waals surface area contributed by atoms with Gasteiger partial charge in [0.25, 0.3) is 0 Å². The van der Waals surface area contributed by atoms with Crippen molar-refractivity contribution in [1.82, 2.24) is 4.98 Å². The molecule has 0 spiro atoms. The van der Waals surface area contributed by atoms with Gasteiger partial charge in [-0.15, -0.1) is 11.8 Å². The Kier molecular flexibility index (Phi) is 4.55. The summed E-state index contributed by atoms with van der Waals surface area (Å²) < 4.78 is 39.1. The van der Waals surface area contributed by atoms with E-state index in [0.29, 0.717) is 21.8 Å². The minimum Gasteiger partial charge on any atom is -0.240 e. The number of alkyl halides is 3. The van der Waals surface area contributed by atoms with Gasteiger partial charge in [0.1, 0.15) is 11.1 Å². The van der Waals surface area contributed by atoms with Gasteiger partial charge in [0.2, 0.25) is 0 Å². The maximum absolute atomic E-state index is 13.0. The monoisotopic (exact) mass is 348 g/mol. The third-order valence-electron chi connectivity index (χ3n) is 4.25. The van der Waals surface area contributed by atoms with E-state index in [4.69, 9.17) is 0 Å². The van der Waals surface area contributed by atoms with E-state index in [1.54, 1.807) is 6.07 Å². The van der Waals surface area contributed by atoms with Crippen LogP contribution in [0.5, 0.6) is 0 Å². The predicted octanol–water partition coefficient (Wildman–Crippen LogP) is 5.24. The van der Waals surface area contributed by atoms with Crippen molar-refractivity contribution in [1.29, 1.82) is 5.26 Å². The summed E-state index contributed by atoms with van der Waals surface area (Å²) in [5.41, 5.74) is 2.82. The summed E-state index contributed by atoms with van der Waals surface area (Å²) in [7, 11) is 0. The Bertz CT molecular complexity index is 822. The second-order valence-corrected chi connectivity index (χ2v) is 6.49. The zero-order chi connectivity index (χ0) is 17.3. The third kappa shape index (κ3) is 3.01. The van der Waals surface area contributed by atoms with Crippen molar-refractivity contribution in [2.75, 3.05) is 6.26 Å². The summed E-state index contributed by atoms with van der Waals surface area (Å²) in [6.07, 6.45) is 0.919. The van der Waals surface area contributed by atoms with Gasteiger partial charge in [-0.1, -0.05) is 12.1 Å². The van der Waals surface area contributed by atoms with Crippen LogP contribution in [0.15, 0.2) is 29.3 Å². The summed E-state index contributed by atoms with van der Waals surface area (Å²) >= 11 is 1.36. The van der Waals surface area contributed by atoms with Crippen molar-refractivity contribution >= 4 is 11.8 Å². The van der Waals surface area contributed by atoms with Crippen LogP contribution in [0.2, 0.25) is 0 Å². The first-order valence-corrected chi connectivity index (χ1v) is 8.85. The highest BCUT2D eigenvalue weighted by molar-refractivity contribution is 7.98. The lowest BCUT2D eigenvalue weighted by Crippen LogP contribution is -2.11. The van der Waals surface area contributed by atoms with Gasteiger partial charge in [-0.3, -0.25) is 0 Å². The normalized spacial score (nSPS) is 14.1. The summed E-state index contributed by atoms with van der Waals surface area (Å²) in [5.74, 6) is 0. The average Bonchev–Trinajstić information content (AvgIpc) is 2.59. The molecule has 0 saturated heterocycles. The number of nitriles is 1. The Morgan fingerprint density at radius 1 is 1.17 bits per heavy atom. The van der Waals surface area contributed by atoms with Gasteiger partial charge in [-0.2, -0.15) is 18.4 Å². The molecule has 1 aliphatic carbocycles. The van der Waals surface area contributed by atoms with E-state index in [0.717, 1.165) is 48.9 Å². The van der Waals surface area contributed by atoms with Gasteiger partial charge in [-0.25, -0.2) is 4.98 Å². The summed E-state index contributed by atoms with van der Waals surface area (Å²) in [4.78, 5) is 4.54. The Morgan fingerprint density at radius 3 is 2.50 bits per heavy atom. The van der Waals surface area contributed by atoms with Crippen LogP contribution in [0.1, 0.15) is 35.1 Å². The molecule has 124 valence electrons. The zero-order valence-electron chi connectivity index (χ0n) is 13.1. The smallest absolute Gasteiger partial charge is 0.240 e. The second-order valence-electron chi connectivity index (χ2n) is 5.70. The molecule has 0 unspecified atom stereocenters. The molecule has 0 fully saturated rings. The van der Waals surface area contributed by atoms with Crippen molar-refractivity contribution in [3.8, 4) is 17.3 Å². The van der Waals surface area contributed by atoms with Crippen molar-refractivity contribution in [3.63, 3.8) is 0 Å². The first-order valence-electron chi connectivity index (χ1n) is 7.63. The van der Waals surface area contributed by atoms with E-state index < -0.39 is 11.7 Å². The maximum atomic E-state index is 13.0. The van der Waals surface area contributed by atoms with Crippen LogP contribution in [0.4, 0.5) is 13.2 Å². The molecule has 0 amide bonds. The quantitative estimate of drug-likeness (QED) is 0.697. The third-order valence-corrected chi connectivity index (χ3v) is 4.93. The molecule has 0 radical (unpaired) electrons. The summed E-state index contributed by atoms with van der Waals surface area (Å²) in [6.45, 7) is 0. The zero-order valence-corrected chi connectivity index (χ0v) is 13.9. The lowest BCUT2D eigenvalue weighted by molar-refractivity contribution is -0.137. The van der Waals surface area contributed by atoms with Crippen molar-refractivity contribution in [2.24, 2.45) is 0 Å². The molecule has 1 aliphatic rings. The van der Waals surface area contributed by atoms with Crippen molar-refractivity contribution < 1.29 is 13.2 Å². The van der Waals surface area contributed by atoms with Gasteiger partial charge in [0.15, 0.2) is 0 Å². The van der Waals surface area contributed by atoms with Crippen molar-refractivity contribution in [2.45, 2.75) is 36.9 Å². The van der Waals surface area contributed by atoms with Crippen LogP contribution in [0, 0.1) is 11.3 Å². The van der Waals surface area contributed by atoms with E-state index >= 15 is 0 Å². The molecule has 1 aromatic carbocycles. The summed E-state index contributed by atoms with van der Waals surface area (Å²) in [5, 5.41) is 10.1. The van der Waals surface area contributed by atoms with Crippen LogP contribution in [-0.2, 0) is 19.0 Å². The molecule has 6 heteroatoms. The van der Waals surface area contributed by atoms with Crippen LogP contribution >= 0.6 is 11.8 Å².